The molecule has 2 N–H and O–H groups in total. The smallest absolute Gasteiger partial charge is 0.282 e. The maximum atomic E-state index is 12.3. The van der Waals surface area contributed by atoms with E-state index in [0.717, 1.165) is 18.7 Å². The van der Waals surface area contributed by atoms with Gasteiger partial charge in [-0.05, 0) is 42.5 Å². The van der Waals surface area contributed by atoms with Gasteiger partial charge in [0.15, 0.2) is 6.04 Å². The number of carbonyl (C=O) groups excluding carboxylic acids is 1. The minimum absolute atomic E-state index is 0.0632. The Morgan fingerprint density at radius 2 is 2.00 bits per heavy atom. The second kappa shape index (κ2) is 7.38. The quantitative estimate of drug-likeness (QED) is 0.844. The highest BCUT2D eigenvalue weighted by molar-refractivity contribution is 7.09. The monoisotopic (exact) mass is 303 g/mol. The number of rotatable bonds is 6. The van der Waals surface area contributed by atoms with E-state index in [4.69, 9.17) is 0 Å². The number of hydrogen-bond acceptors (Lipinski definition) is 2. The number of likely N-dealkylation sites (N-methyl/N-ethyl adjacent to an activating group) is 1. The molecule has 2 rings (SSSR count). The summed E-state index contributed by atoms with van der Waals surface area (Å²) in [5, 5.41) is 5.07. The third-order valence-corrected chi connectivity index (χ3v) is 4.67. The number of thiophene rings is 1. The van der Waals surface area contributed by atoms with Crippen molar-refractivity contribution >= 4 is 22.9 Å². The molecular formula is C17H23N2OS+. The van der Waals surface area contributed by atoms with Crippen LogP contribution < -0.4 is 10.2 Å². The lowest BCUT2D eigenvalue weighted by Gasteiger charge is -2.20. The molecular weight excluding hydrogens is 280 g/mol. The first kappa shape index (κ1) is 15.7. The molecule has 0 saturated heterocycles. The summed E-state index contributed by atoms with van der Waals surface area (Å²) < 4.78 is 0. The van der Waals surface area contributed by atoms with Crippen molar-refractivity contribution in [2.75, 3.05) is 12.4 Å². The fourth-order valence-corrected chi connectivity index (χ4v) is 2.94. The first-order valence-electron chi connectivity index (χ1n) is 7.34. The van der Waals surface area contributed by atoms with Gasteiger partial charge >= 0.3 is 0 Å². The lowest BCUT2D eigenvalue weighted by atomic mass is 10.1. The van der Waals surface area contributed by atoms with Crippen LogP contribution in [0.15, 0.2) is 41.8 Å². The first-order chi connectivity index (χ1) is 10.1. The third-order valence-electron chi connectivity index (χ3n) is 3.80. The van der Waals surface area contributed by atoms with Gasteiger partial charge in [-0.25, -0.2) is 0 Å². The van der Waals surface area contributed by atoms with E-state index in [-0.39, 0.29) is 11.9 Å². The van der Waals surface area contributed by atoms with Gasteiger partial charge in [0, 0.05) is 5.69 Å². The van der Waals surface area contributed by atoms with Gasteiger partial charge in [-0.3, -0.25) is 4.79 Å². The zero-order valence-electron chi connectivity index (χ0n) is 12.8. The summed E-state index contributed by atoms with van der Waals surface area (Å²) in [5.41, 5.74) is 2.15. The van der Waals surface area contributed by atoms with Crippen molar-refractivity contribution in [2.24, 2.45) is 0 Å². The van der Waals surface area contributed by atoms with Crippen molar-refractivity contribution in [1.29, 1.82) is 0 Å². The second-order valence-corrected chi connectivity index (χ2v) is 6.40. The maximum Gasteiger partial charge on any atom is 0.282 e. The van der Waals surface area contributed by atoms with E-state index in [2.05, 4.69) is 42.9 Å². The number of carbonyl (C=O) groups is 1. The van der Waals surface area contributed by atoms with Crippen LogP contribution in [0, 0.1) is 0 Å². The summed E-state index contributed by atoms with van der Waals surface area (Å²) in [6, 6.07) is 12.1. The van der Waals surface area contributed by atoms with E-state index >= 15 is 0 Å². The summed E-state index contributed by atoms with van der Waals surface area (Å²) in [7, 11) is 2.06. The molecule has 4 heteroatoms. The molecule has 3 nitrogen and oxygen atoms in total. The van der Waals surface area contributed by atoms with E-state index in [9.17, 15) is 4.79 Å². The molecule has 1 heterocycles. The van der Waals surface area contributed by atoms with Crippen LogP contribution in [0.1, 0.15) is 24.3 Å². The SMILES string of the molecule is CCc1ccc(NC(=O)[C@@H](C)[NH+](C)Cc2cccs2)cc1. The van der Waals surface area contributed by atoms with Crippen LogP contribution in [0.4, 0.5) is 5.69 Å². The Kier molecular flexibility index (Phi) is 5.53. The van der Waals surface area contributed by atoms with Crippen LogP contribution >= 0.6 is 11.3 Å². The summed E-state index contributed by atoms with van der Waals surface area (Å²) >= 11 is 1.74. The van der Waals surface area contributed by atoms with Crippen molar-refractivity contribution in [3.05, 3.63) is 52.2 Å². The van der Waals surface area contributed by atoms with E-state index in [1.54, 1.807) is 11.3 Å². The second-order valence-electron chi connectivity index (χ2n) is 5.36. The lowest BCUT2D eigenvalue weighted by molar-refractivity contribution is -0.907. The van der Waals surface area contributed by atoms with Gasteiger partial charge in [-0.15, -0.1) is 11.3 Å². The zero-order valence-corrected chi connectivity index (χ0v) is 13.7. The molecule has 0 radical (unpaired) electrons. The average molecular weight is 303 g/mol. The Balaban J connectivity index is 1.91. The normalized spacial score (nSPS) is 13.7. The van der Waals surface area contributed by atoms with Crippen LogP contribution in [0.2, 0.25) is 0 Å². The summed E-state index contributed by atoms with van der Waals surface area (Å²) in [4.78, 5) is 14.8. The van der Waals surface area contributed by atoms with E-state index in [0.29, 0.717) is 0 Å². The van der Waals surface area contributed by atoms with Gasteiger partial charge in [0.25, 0.3) is 5.91 Å². The predicted octanol–water partition coefficient (Wildman–Crippen LogP) is 2.35. The minimum Gasteiger partial charge on any atom is -0.323 e. The Morgan fingerprint density at radius 1 is 1.29 bits per heavy atom. The van der Waals surface area contributed by atoms with Crippen LogP contribution in [-0.4, -0.2) is 19.0 Å². The van der Waals surface area contributed by atoms with E-state index < -0.39 is 0 Å². The molecule has 0 aliphatic rings. The molecule has 21 heavy (non-hydrogen) atoms. The predicted molar refractivity (Wildman–Crippen MR) is 88.8 cm³/mol. The Hall–Kier alpha value is -1.65. The molecule has 1 unspecified atom stereocenters. The molecule has 0 bridgehead atoms. The van der Waals surface area contributed by atoms with Crippen LogP contribution in [0.25, 0.3) is 0 Å². The van der Waals surface area contributed by atoms with Gasteiger partial charge in [0.2, 0.25) is 0 Å². The topological polar surface area (TPSA) is 33.5 Å². The highest BCUT2D eigenvalue weighted by atomic mass is 32.1. The number of anilines is 1. The van der Waals surface area contributed by atoms with Gasteiger partial charge in [0.05, 0.1) is 11.9 Å². The molecule has 2 atom stereocenters. The van der Waals surface area contributed by atoms with Crippen LogP contribution in [0.3, 0.4) is 0 Å². The zero-order chi connectivity index (χ0) is 15.2. The van der Waals surface area contributed by atoms with Gasteiger partial charge in [-0.2, -0.15) is 0 Å². The third kappa shape index (κ3) is 4.41. The number of hydrogen-bond donors (Lipinski definition) is 2. The minimum atomic E-state index is -0.0852. The van der Waals surface area contributed by atoms with Gasteiger partial charge in [0.1, 0.15) is 6.54 Å². The van der Waals surface area contributed by atoms with Crippen molar-refractivity contribution in [1.82, 2.24) is 0 Å². The molecule has 0 saturated carbocycles. The summed E-state index contributed by atoms with van der Waals surface area (Å²) in [5.74, 6) is 0.0632. The van der Waals surface area contributed by atoms with Crippen molar-refractivity contribution in [3.63, 3.8) is 0 Å². The fourth-order valence-electron chi connectivity index (χ4n) is 2.14. The van der Waals surface area contributed by atoms with Crippen molar-refractivity contribution in [3.8, 4) is 0 Å². The molecule has 0 spiro atoms. The molecule has 1 amide bonds. The van der Waals surface area contributed by atoms with E-state index in [1.807, 2.05) is 25.1 Å². The Labute approximate surface area is 130 Å². The molecule has 0 aliphatic carbocycles. The van der Waals surface area contributed by atoms with Crippen molar-refractivity contribution in [2.45, 2.75) is 32.9 Å². The molecule has 1 aromatic heterocycles. The number of aryl methyl sites for hydroxylation is 1. The molecule has 0 aliphatic heterocycles. The van der Waals surface area contributed by atoms with Gasteiger partial charge < -0.3 is 10.2 Å². The number of quaternary nitrogens is 1. The largest absolute Gasteiger partial charge is 0.323 e. The highest BCUT2D eigenvalue weighted by Gasteiger charge is 2.22. The first-order valence-corrected chi connectivity index (χ1v) is 8.22. The standard InChI is InChI=1S/C17H22N2OS/c1-4-14-7-9-15(10-8-14)18-17(20)13(2)19(3)12-16-6-5-11-21-16/h5-11,13H,4,12H2,1-3H3,(H,18,20)/p+1/t13-/m1/s1. The van der Waals surface area contributed by atoms with Crippen molar-refractivity contribution < 1.29 is 9.69 Å². The Bertz CT molecular complexity index is 563. The Morgan fingerprint density at radius 3 is 2.57 bits per heavy atom. The lowest BCUT2D eigenvalue weighted by Crippen LogP contribution is -3.12. The molecule has 2 aromatic rings. The molecule has 0 fully saturated rings. The molecule has 112 valence electrons. The fraction of sp³-hybridized carbons (Fsp3) is 0.353. The summed E-state index contributed by atoms with van der Waals surface area (Å²) in [6.07, 6.45) is 1.01. The average Bonchev–Trinajstić information content (AvgIpc) is 3.00. The maximum absolute atomic E-state index is 12.3. The highest BCUT2D eigenvalue weighted by Crippen LogP contribution is 2.10. The number of benzene rings is 1. The van der Waals surface area contributed by atoms with E-state index in [1.165, 1.54) is 15.3 Å². The summed E-state index contributed by atoms with van der Waals surface area (Å²) in [6.45, 7) is 4.97. The number of nitrogens with one attached hydrogen (secondary N) is 2. The van der Waals surface area contributed by atoms with Crippen LogP contribution in [0.5, 0.6) is 0 Å². The van der Waals surface area contributed by atoms with Crippen LogP contribution in [-0.2, 0) is 17.8 Å². The molecule has 1 aromatic carbocycles. The number of amides is 1. The van der Waals surface area contributed by atoms with Gasteiger partial charge in [-0.1, -0.05) is 25.1 Å².